The lowest BCUT2D eigenvalue weighted by molar-refractivity contribution is -0.135. The molecule has 0 aromatic heterocycles. The molecule has 0 atom stereocenters. The molecule has 3 rings (SSSR count). The van der Waals surface area contributed by atoms with E-state index >= 15 is 0 Å². The second-order valence-corrected chi connectivity index (χ2v) is 7.48. The van der Waals surface area contributed by atoms with Gasteiger partial charge in [0.2, 0.25) is 0 Å². The van der Waals surface area contributed by atoms with Gasteiger partial charge in [-0.2, -0.15) is 0 Å². The molecule has 0 saturated heterocycles. The van der Waals surface area contributed by atoms with Gasteiger partial charge in [0, 0.05) is 12.0 Å². The van der Waals surface area contributed by atoms with Gasteiger partial charge in [-0.05, 0) is 41.5 Å². The van der Waals surface area contributed by atoms with Crippen LogP contribution in [-0.2, 0) is 16.0 Å². The molecule has 0 unspecified atom stereocenters. The minimum Gasteiger partial charge on any atom is -0.507 e. The number of rotatable bonds is 8. The predicted octanol–water partition coefficient (Wildman–Crippen LogP) is 5.51. The molecule has 0 spiro atoms. The average molecular weight is 476 g/mol. The van der Waals surface area contributed by atoms with E-state index in [-0.39, 0.29) is 28.2 Å². The summed E-state index contributed by atoms with van der Waals surface area (Å²) >= 11 is 12.7. The van der Waals surface area contributed by atoms with Crippen molar-refractivity contribution >= 4 is 35.3 Å². The Balaban J connectivity index is 1.68. The number of carbonyl (C=O) groups is 2. The first-order valence-corrected chi connectivity index (χ1v) is 10.3. The van der Waals surface area contributed by atoms with Crippen LogP contribution in [0.2, 0.25) is 10.0 Å². The highest BCUT2D eigenvalue weighted by Crippen LogP contribution is 2.40. The summed E-state index contributed by atoms with van der Waals surface area (Å²) in [6.07, 6.45) is -0.511. The van der Waals surface area contributed by atoms with Crippen LogP contribution in [-0.4, -0.2) is 35.4 Å². The van der Waals surface area contributed by atoms with Crippen molar-refractivity contribution in [3.8, 4) is 28.4 Å². The van der Waals surface area contributed by atoms with E-state index in [2.05, 4.69) is 5.32 Å². The second kappa shape index (κ2) is 10.7. The van der Waals surface area contributed by atoms with Crippen LogP contribution >= 0.6 is 23.2 Å². The Hall–Kier alpha value is -3.42. The maximum absolute atomic E-state index is 11.4. The predicted molar refractivity (Wildman–Crippen MR) is 121 cm³/mol. The van der Waals surface area contributed by atoms with Crippen LogP contribution in [0.3, 0.4) is 0 Å². The number of ether oxygens (including phenoxy) is 2. The van der Waals surface area contributed by atoms with Crippen molar-refractivity contribution < 1.29 is 29.3 Å². The molecule has 3 N–H and O–H groups in total. The monoisotopic (exact) mass is 475 g/mol. The Bertz CT molecular complexity index is 1100. The fourth-order valence-corrected chi connectivity index (χ4v) is 3.47. The number of carbonyl (C=O) groups excluding carboxylic acids is 1. The summed E-state index contributed by atoms with van der Waals surface area (Å²) in [4.78, 5) is 21.8. The van der Waals surface area contributed by atoms with Crippen molar-refractivity contribution in [3.63, 3.8) is 0 Å². The lowest BCUT2D eigenvalue weighted by Gasteiger charge is -2.13. The van der Waals surface area contributed by atoms with E-state index in [1.54, 1.807) is 24.3 Å². The van der Waals surface area contributed by atoms with Crippen molar-refractivity contribution in [2.24, 2.45) is 0 Å². The van der Waals surface area contributed by atoms with Gasteiger partial charge in [-0.25, -0.2) is 4.79 Å². The lowest BCUT2D eigenvalue weighted by atomic mass is 10.0. The maximum atomic E-state index is 11.4. The number of hydrogen-bond acceptors (Lipinski definition) is 5. The van der Waals surface area contributed by atoms with Gasteiger partial charge in [0.05, 0.1) is 16.7 Å². The molecule has 0 aliphatic heterocycles. The number of hydrogen-bond donors (Lipinski definition) is 3. The number of benzene rings is 3. The van der Waals surface area contributed by atoms with Crippen LogP contribution in [0, 0.1) is 0 Å². The molecule has 0 bridgehead atoms. The van der Waals surface area contributed by atoms with Gasteiger partial charge in [-0.15, -0.1) is 0 Å². The summed E-state index contributed by atoms with van der Waals surface area (Å²) in [7, 11) is 0. The third-order valence-corrected chi connectivity index (χ3v) is 4.90. The third-order valence-electron chi connectivity index (χ3n) is 4.34. The molecular weight excluding hydrogens is 457 g/mol. The second-order valence-electron chi connectivity index (χ2n) is 6.67. The molecule has 1 amide bonds. The highest BCUT2D eigenvalue weighted by Gasteiger charge is 2.14. The summed E-state index contributed by atoms with van der Waals surface area (Å²) in [6, 6.07) is 17.5. The van der Waals surface area contributed by atoms with Crippen molar-refractivity contribution in [3.05, 3.63) is 76.3 Å². The highest BCUT2D eigenvalue weighted by molar-refractivity contribution is 6.37. The fourth-order valence-electron chi connectivity index (χ4n) is 2.86. The van der Waals surface area contributed by atoms with E-state index in [9.17, 15) is 14.7 Å². The van der Waals surface area contributed by atoms with Crippen LogP contribution in [0.5, 0.6) is 17.2 Å². The van der Waals surface area contributed by atoms with E-state index in [0.717, 1.165) is 5.56 Å². The van der Waals surface area contributed by atoms with Crippen molar-refractivity contribution in [2.75, 3.05) is 13.2 Å². The molecule has 0 saturated carbocycles. The molecule has 166 valence electrons. The molecular formula is C23H19Cl2NO6. The maximum Gasteiger partial charge on any atom is 0.407 e. The van der Waals surface area contributed by atoms with Crippen LogP contribution in [0.4, 0.5) is 4.79 Å². The first kappa shape index (κ1) is 23.2. The van der Waals surface area contributed by atoms with Gasteiger partial charge in [0.25, 0.3) is 0 Å². The first-order chi connectivity index (χ1) is 15.3. The zero-order chi connectivity index (χ0) is 23.1. The molecule has 7 nitrogen and oxygen atoms in total. The number of amides is 1. The molecule has 9 heteroatoms. The molecule has 0 aliphatic rings. The quantitative estimate of drug-likeness (QED) is 0.396. The van der Waals surface area contributed by atoms with Crippen molar-refractivity contribution in [1.29, 1.82) is 0 Å². The smallest absolute Gasteiger partial charge is 0.407 e. The largest absolute Gasteiger partial charge is 0.507 e. The Kier molecular flexibility index (Phi) is 7.81. The van der Waals surface area contributed by atoms with E-state index in [0.29, 0.717) is 23.3 Å². The first-order valence-electron chi connectivity index (χ1n) is 9.50. The zero-order valence-electron chi connectivity index (χ0n) is 16.7. The Morgan fingerprint density at radius 1 is 0.969 bits per heavy atom. The highest BCUT2D eigenvalue weighted by atomic mass is 35.5. The summed E-state index contributed by atoms with van der Waals surface area (Å²) in [5, 5.41) is 21.3. The summed E-state index contributed by atoms with van der Waals surface area (Å²) in [5.74, 6) is -0.359. The van der Waals surface area contributed by atoms with Gasteiger partial charge in [0.1, 0.15) is 18.0 Å². The average Bonchev–Trinajstić information content (AvgIpc) is 2.76. The lowest BCUT2D eigenvalue weighted by Crippen LogP contribution is -2.30. The van der Waals surface area contributed by atoms with Gasteiger partial charge in [0.15, 0.2) is 5.75 Å². The van der Waals surface area contributed by atoms with Gasteiger partial charge in [-0.1, -0.05) is 53.5 Å². The number of nitrogens with one attached hydrogen (secondary N) is 1. The third kappa shape index (κ3) is 6.29. The van der Waals surface area contributed by atoms with Crippen LogP contribution in [0.15, 0.2) is 60.7 Å². The van der Waals surface area contributed by atoms with Gasteiger partial charge in [-0.3, -0.25) is 4.79 Å². The zero-order valence-corrected chi connectivity index (χ0v) is 18.2. The molecule has 0 fully saturated rings. The van der Waals surface area contributed by atoms with Crippen LogP contribution in [0.1, 0.15) is 5.56 Å². The molecule has 0 aliphatic carbocycles. The number of alkyl carbamates (subject to hydrolysis) is 1. The number of phenols is 1. The molecule has 3 aromatic rings. The van der Waals surface area contributed by atoms with Gasteiger partial charge < -0.3 is 25.0 Å². The van der Waals surface area contributed by atoms with Gasteiger partial charge >= 0.3 is 12.1 Å². The Morgan fingerprint density at radius 2 is 1.66 bits per heavy atom. The minimum absolute atomic E-state index is 0.0106. The number of halogens is 2. The van der Waals surface area contributed by atoms with Crippen LogP contribution in [0.25, 0.3) is 11.1 Å². The summed E-state index contributed by atoms with van der Waals surface area (Å²) in [6.45, 7) is -0.511. The topological polar surface area (TPSA) is 105 Å². The van der Waals surface area contributed by atoms with E-state index in [1.807, 2.05) is 30.3 Å². The molecule has 0 heterocycles. The molecule has 0 radical (unpaired) electrons. The molecule has 3 aromatic carbocycles. The minimum atomic E-state index is -1.17. The Morgan fingerprint density at radius 3 is 2.31 bits per heavy atom. The van der Waals surface area contributed by atoms with E-state index < -0.39 is 18.6 Å². The number of aromatic hydroxyl groups is 1. The Labute approximate surface area is 194 Å². The number of carboxylic acids is 1. The number of phenolic OH excluding ortho intramolecular Hbond substituents is 1. The fraction of sp³-hybridized carbons (Fsp3) is 0.130. The standard InChI is InChI=1S/C23H19Cl2NO6/c24-18-10-14(8-9-31-23(30)26-13-21(28)29)11-19(25)22(18)32-16-6-7-20(27)17(12-16)15-4-2-1-3-5-15/h1-7,10-12,27H,8-9,13H2,(H,26,30)(H,28,29). The van der Waals surface area contributed by atoms with E-state index in [4.69, 9.17) is 37.8 Å². The van der Waals surface area contributed by atoms with E-state index in [1.165, 1.54) is 6.07 Å². The molecule has 32 heavy (non-hydrogen) atoms. The van der Waals surface area contributed by atoms with Crippen molar-refractivity contribution in [2.45, 2.75) is 6.42 Å². The normalized spacial score (nSPS) is 10.4. The summed E-state index contributed by atoms with van der Waals surface area (Å²) in [5.41, 5.74) is 2.13. The van der Waals surface area contributed by atoms with Crippen molar-refractivity contribution in [1.82, 2.24) is 5.32 Å². The number of carboxylic acid groups (broad SMARTS) is 1. The van der Waals surface area contributed by atoms with Crippen LogP contribution < -0.4 is 10.1 Å². The SMILES string of the molecule is O=C(O)CNC(=O)OCCc1cc(Cl)c(Oc2ccc(O)c(-c3ccccc3)c2)c(Cl)c1. The summed E-state index contributed by atoms with van der Waals surface area (Å²) < 4.78 is 10.8. The number of aliphatic carboxylic acids is 1.